The number of aryl methyl sites for hydroxylation is 1. The van der Waals surface area contributed by atoms with Gasteiger partial charge < -0.3 is 14.4 Å². The second-order valence-electron chi connectivity index (χ2n) is 4.96. The molecule has 0 spiro atoms. The van der Waals surface area contributed by atoms with Gasteiger partial charge in [-0.2, -0.15) is 0 Å². The monoisotopic (exact) mass is 259 g/mol. The minimum absolute atomic E-state index is 0.361. The molecule has 100 valence electrons. The molecule has 0 amide bonds. The van der Waals surface area contributed by atoms with Gasteiger partial charge in [-0.1, -0.05) is 17.3 Å². The van der Waals surface area contributed by atoms with Crippen LogP contribution in [-0.4, -0.2) is 10.3 Å². The first-order valence-corrected chi connectivity index (χ1v) is 6.59. The summed E-state index contributed by atoms with van der Waals surface area (Å²) < 4.78 is 10.9. The Balaban J connectivity index is 1.79. The third-order valence-electron chi connectivity index (χ3n) is 3.48. The number of rotatable bonds is 3. The van der Waals surface area contributed by atoms with Crippen LogP contribution in [0.4, 0.5) is 0 Å². The molecule has 1 aromatic heterocycles. The van der Waals surface area contributed by atoms with Crippen molar-refractivity contribution in [3.05, 3.63) is 46.8 Å². The maximum Gasteiger partial charge on any atom is 0.174 e. The number of ether oxygens (including phenoxy) is 1. The Hall–Kier alpha value is -1.81. The molecule has 0 radical (unpaired) electrons. The number of aliphatic hydroxyl groups excluding tert-OH is 1. The summed E-state index contributed by atoms with van der Waals surface area (Å²) >= 11 is 0. The number of aromatic nitrogens is 1. The highest BCUT2D eigenvalue weighted by Crippen LogP contribution is 2.35. The number of aliphatic hydroxyl groups is 1. The Kier molecular flexibility index (Phi) is 3.25. The highest BCUT2D eigenvalue weighted by atomic mass is 16.5. The molecular weight excluding hydrogens is 242 g/mol. The van der Waals surface area contributed by atoms with Gasteiger partial charge in [0.2, 0.25) is 0 Å². The molecule has 0 saturated heterocycles. The molecule has 1 aliphatic carbocycles. The van der Waals surface area contributed by atoms with Crippen LogP contribution in [0.1, 0.15) is 41.5 Å². The Morgan fingerprint density at radius 2 is 2.37 bits per heavy atom. The summed E-state index contributed by atoms with van der Waals surface area (Å²) in [5.41, 5.74) is 2.97. The van der Waals surface area contributed by atoms with E-state index in [1.807, 2.05) is 31.2 Å². The van der Waals surface area contributed by atoms with Crippen LogP contribution in [0.3, 0.4) is 0 Å². The molecule has 1 atom stereocenters. The lowest BCUT2D eigenvalue weighted by Gasteiger charge is -2.23. The van der Waals surface area contributed by atoms with Crippen molar-refractivity contribution in [1.29, 1.82) is 0 Å². The zero-order valence-corrected chi connectivity index (χ0v) is 10.9. The van der Waals surface area contributed by atoms with E-state index < -0.39 is 0 Å². The van der Waals surface area contributed by atoms with E-state index in [4.69, 9.17) is 9.26 Å². The summed E-state index contributed by atoms with van der Waals surface area (Å²) in [6, 6.07) is 7.71. The standard InChI is InChI=1S/C15H17NO3/c1-10-8-11(19-16-10)9-18-15-7-3-4-12-13(15)5-2-6-14(12)17/h3-4,7-8,14,17H,2,5-6,9H2,1H3. The van der Waals surface area contributed by atoms with Crippen molar-refractivity contribution in [2.75, 3.05) is 0 Å². The fourth-order valence-corrected chi connectivity index (χ4v) is 2.56. The molecule has 1 N–H and O–H groups in total. The zero-order valence-electron chi connectivity index (χ0n) is 10.9. The van der Waals surface area contributed by atoms with Gasteiger partial charge in [-0.15, -0.1) is 0 Å². The van der Waals surface area contributed by atoms with E-state index in [-0.39, 0.29) is 6.10 Å². The third-order valence-corrected chi connectivity index (χ3v) is 3.48. The summed E-state index contributed by atoms with van der Waals surface area (Å²) in [6.45, 7) is 2.25. The Morgan fingerprint density at radius 3 is 3.16 bits per heavy atom. The van der Waals surface area contributed by atoms with Crippen molar-refractivity contribution in [2.24, 2.45) is 0 Å². The Morgan fingerprint density at radius 1 is 1.47 bits per heavy atom. The SMILES string of the molecule is Cc1cc(COc2cccc3c2CCCC3O)on1. The van der Waals surface area contributed by atoms with Crippen LogP contribution in [0, 0.1) is 6.92 Å². The lowest BCUT2D eigenvalue weighted by Crippen LogP contribution is -2.11. The molecule has 1 unspecified atom stereocenters. The minimum atomic E-state index is -0.361. The van der Waals surface area contributed by atoms with Gasteiger partial charge >= 0.3 is 0 Å². The summed E-state index contributed by atoms with van der Waals surface area (Å²) in [5, 5.41) is 13.8. The zero-order chi connectivity index (χ0) is 13.2. The average molecular weight is 259 g/mol. The number of benzene rings is 1. The van der Waals surface area contributed by atoms with Crippen LogP contribution < -0.4 is 4.74 Å². The van der Waals surface area contributed by atoms with Crippen LogP contribution in [-0.2, 0) is 13.0 Å². The predicted octanol–water partition coefficient (Wildman–Crippen LogP) is 2.93. The molecular formula is C15H17NO3. The number of hydrogen-bond donors (Lipinski definition) is 1. The highest BCUT2D eigenvalue weighted by molar-refractivity contribution is 5.42. The molecule has 2 aromatic rings. The quantitative estimate of drug-likeness (QED) is 0.920. The van der Waals surface area contributed by atoms with E-state index in [2.05, 4.69) is 5.16 Å². The third kappa shape index (κ3) is 2.49. The van der Waals surface area contributed by atoms with Gasteiger partial charge in [-0.05, 0) is 43.4 Å². The minimum Gasteiger partial charge on any atom is -0.485 e. The number of hydrogen-bond acceptors (Lipinski definition) is 4. The second-order valence-corrected chi connectivity index (χ2v) is 4.96. The van der Waals surface area contributed by atoms with Crippen LogP contribution in [0.15, 0.2) is 28.8 Å². The van der Waals surface area contributed by atoms with Gasteiger partial charge in [0.05, 0.1) is 11.8 Å². The molecule has 0 fully saturated rings. The highest BCUT2D eigenvalue weighted by Gasteiger charge is 2.20. The van der Waals surface area contributed by atoms with Crippen LogP contribution in [0.25, 0.3) is 0 Å². The van der Waals surface area contributed by atoms with Crippen molar-refractivity contribution in [1.82, 2.24) is 5.16 Å². The topological polar surface area (TPSA) is 55.5 Å². The van der Waals surface area contributed by atoms with Crippen molar-refractivity contribution < 1.29 is 14.4 Å². The van der Waals surface area contributed by atoms with Gasteiger partial charge in [0.25, 0.3) is 0 Å². The van der Waals surface area contributed by atoms with Gasteiger partial charge in [0, 0.05) is 6.07 Å². The molecule has 0 aliphatic heterocycles. The molecule has 4 heteroatoms. The van der Waals surface area contributed by atoms with Crippen molar-refractivity contribution in [3.63, 3.8) is 0 Å². The summed E-state index contributed by atoms with van der Waals surface area (Å²) in [4.78, 5) is 0. The summed E-state index contributed by atoms with van der Waals surface area (Å²) in [5.74, 6) is 1.55. The Labute approximate surface area is 112 Å². The average Bonchev–Trinajstić information content (AvgIpc) is 2.83. The molecule has 1 heterocycles. The van der Waals surface area contributed by atoms with Crippen molar-refractivity contribution in [3.8, 4) is 5.75 Å². The lowest BCUT2D eigenvalue weighted by atomic mass is 9.89. The predicted molar refractivity (Wildman–Crippen MR) is 69.9 cm³/mol. The first kappa shape index (κ1) is 12.2. The van der Waals surface area contributed by atoms with Crippen LogP contribution in [0.2, 0.25) is 0 Å². The molecule has 1 aliphatic rings. The Bertz CT molecular complexity index is 577. The molecule has 1 aromatic carbocycles. The molecule has 0 saturated carbocycles. The first-order chi connectivity index (χ1) is 9.24. The molecule has 19 heavy (non-hydrogen) atoms. The molecule has 0 bridgehead atoms. The van der Waals surface area contributed by atoms with Gasteiger partial charge in [-0.3, -0.25) is 0 Å². The normalized spacial score (nSPS) is 18.1. The van der Waals surface area contributed by atoms with Crippen LogP contribution >= 0.6 is 0 Å². The molecule has 4 nitrogen and oxygen atoms in total. The first-order valence-electron chi connectivity index (χ1n) is 6.59. The van der Waals surface area contributed by atoms with Crippen molar-refractivity contribution >= 4 is 0 Å². The van der Waals surface area contributed by atoms with E-state index in [1.54, 1.807) is 0 Å². The van der Waals surface area contributed by atoms with Crippen molar-refractivity contribution in [2.45, 2.75) is 38.9 Å². The number of fused-ring (bicyclic) bond motifs is 1. The smallest absolute Gasteiger partial charge is 0.174 e. The molecule has 3 rings (SSSR count). The van der Waals surface area contributed by atoms with E-state index in [0.29, 0.717) is 12.4 Å². The maximum absolute atomic E-state index is 9.99. The maximum atomic E-state index is 9.99. The summed E-state index contributed by atoms with van der Waals surface area (Å²) in [6.07, 6.45) is 2.42. The van der Waals surface area contributed by atoms with E-state index in [0.717, 1.165) is 41.8 Å². The second kappa shape index (κ2) is 5.05. The van der Waals surface area contributed by atoms with Gasteiger partial charge in [0.15, 0.2) is 5.76 Å². The fraction of sp³-hybridized carbons (Fsp3) is 0.400. The van der Waals surface area contributed by atoms with Gasteiger partial charge in [0.1, 0.15) is 12.4 Å². The largest absolute Gasteiger partial charge is 0.485 e. The lowest BCUT2D eigenvalue weighted by molar-refractivity contribution is 0.154. The summed E-state index contributed by atoms with van der Waals surface area (Å²) in [7, 11) is 0. The van der Waals surface area contributed by atoms with E-state index >= 15 is 0 Å². The van der Waals surface area contributed by atoms with E-state index in [1.165, 1.54) is 0 Å². The van der Waals surface area contributed by atoms with Crippen LogP contribution in [0.5, 0.6) is 5.75 Å². The van der Waals surface area contributed by atoms with E-state index in [9.17, 15) is 5.11 Å². The fourth-order valence-electron chi connectivity index (χ4n) is 2.56. The van der Waals surface area contributed by atoms with Gasteiger partial charge in [-0.25, -0.2) is 0 Å². The number of nitrogens with zero attached hydrogens (tertiary/aromatic N) is 1.